The Hall–Kier alpha value is -3.91. The second-order valence-corrected chi connectivity index (χ2v) is 7.61. The molecule has 134 valence electrons. The van der Waals surface area contributed by atoms with Gasteiger partial charge >= 0.3 is 0 Å². The Morgan fingerprint density at radius 3 is 2.24 bits per heavy atom. The Kier molecular flexibility index (Phi) is 2.77. The van der Waals surface area contributed by atoms with Gasteiger partial charge in [0.05, 0.1) is 11.2 Å². The molecule has 29 heavy (non-hydrogen) atoms. The minimum atomic E-state index is 0.910. The predicted octanol–water partition coefficient (Wildman–Crippen LogP) is 7.45. The Labute approximate surface area is 167 Å². The second kappa shape index (κ2) is 5.33. The highest BCUT2D eigenvalue weighted by atomic mass is 16.3. The smallest absolute Gasteiger partial charge is 0.135 e. The minimum Gasteiger partial charge on any atom is -0.456 e. The third-order valence-electron chi connectivity index (χ3n) is 6.01. The van der Waals surface area contributed by atoms with Gasteiger partial charge in [-0.15, -0.1) is 0 Å². The molecule has 1 aliphatic rings. The summed E-state index contributed by atoms with van der Waals surface area (Å²) in [4.78, 5) is 5.03. The first-order chi connectivity index (χ1) is 14.4. The van der Waals surface area contributed by atoms with E-state index in [2.05, 4.69) is 78.9 Å². The lowest BCUT2D eigenvalue weighted by Crippen LogP contribution is -1.87. The van der Waals surface area contributed by atoms with Crippen LogP contribution in [0.25, 0.3) is 66.4 Å². The van der Waals surface area contributed by atoms with E-state index in [1.807, 2.05) is 12.1 Å². The van der Waals surface area contributed by atoms with E-state index in [4.69, 9.17) is 9.40 Å². The van der Waals surface area contributed by atoms with Crippen LogP contribution in [0.2, 0.25) is 0 Å². The van der Waals surface area contributed by atoms with Crippen molar-refractivity contribution in [3.05, 3.63) is 91.0 Å². The van der Waals surface area contributed by atoms with Gasteiger partial charge in [0, 0.05) is 21.7 Å². The quantitative estimate of drug-likeness (QED) is 0.300. The molecule has 0 fully saturated rings. The third kappa shape index (κ3) is 1.98. The molecule has 2 nitrogen and oxygen atoms in total. The number of rotatable bonds is 1. The van der Waals surface area contributed by atoms with Crippen molar-refractivity contribution in [1.29, 1.82) is 0 Å². The summed E-state index contributed by atoms with van der Waals surface area (Å²) in [6.45, 7) is 0. The number of hydrogen-bond acceptors (Lipinski definition) is 2. The molecule has 0 saturated carbocycles. The van der Waals surface area contributed by atoms with Gasteiger partial charge in [-0.2, -0.15) is 0 Å². The van der Waals surface area contributed by atoms with Crippen LogP contribution in [-0.4, -0.2) is 4.98 Å². The predicted molar refractivity (Wildman–Crippen MR) is 119 cm³/mol. The van der Waals surface area contributed by atoms with Gasteiger partial charge in [0.15, 0.2) is 0 Å². The van der Waals surface area contributed by atoms with Crippen LogP contribution in [0.15, 0.2) is 95.4 Å². The van der Waals surface area contributed by atoms with Gasteiger partial charge in [-0.1, -0.05) is 54.6 Å². The van der Waals surface area contributed by atoms with Crippen LogP contribution in [0.4, 0.5) is 0 Å². The van der Waals surface area contributed by atoms with E-state index in [0.29, 0.717) is 0 Å². The van der Waals surface area contributed by atoms with Gasteiger partial charge in [-0.05, 0) is 58.7 Å². The standard InChI is InChI=1S/C27H15NO/c1-2-7-18-17(6-1)20-9-5-10-23-27(20)22(18)15-24(28-23)16-12-13-26-21(14-16)19-8-3-4-11-25(19)29-26/h1-15H. The number of benzene rings is 4. The first kappa shape index (κ1) is 15.1. The van der Waals surface area contributed by atoms with Crippen molar-refractivity contribution in [2.24, 2.45) is 0 Å². The van der Waals surface area contributed by atoms with E-state index < -0.39 is 0 Å². The largest absolute Gasteiger partial charge is 0.456 e. The van der Waals surface area contributed by atoms with Crippen LogP contribution in [-0.2, 0) is 0 Å². The summed E-state index contributed by atoms with van der Waals surface area (Å²) >= 11 is 0. The van der Waals surface area contributed by atoms with Gasteiger partial charge in [-0.3, -0.25) is 0 Å². The highest BCUT2D eigenvalue weighted by Gasteiger charge is 2.22. The van der Waals surface area contributed by atoms with Gasteiger partial charge in [-0.25, -0.2) is 4.98 Å². The Bertz CT molecular complexity index is 1610. The van der Waals surface area contributed by atoms with Crippen LogP contribution in [0.1, 0.15) is 0 Å². The molecule has 0 unspecified atom stereocenters. The van der Waals surface area contributed by atoms with Crippen LogP contribution >= 0.6 is 0 Å². The highest BCUT2D eigenvalue weighted by molar-refractivity contribution is 6.15. The summed E-state index contributed by atoms with van der Waals surface area (Å²) in [6.07, 6.45) is 0. The average Bonchev–Trinajstić information content (AvgIpc) is 3.31. The highest BCUT2D eigenvalue weighted by Crippen LogP contribution is 2.47. The maximum atomic E-state index is 5.99. The number of pyridine rings is 1. The van der Waals surface area contributed by atoms with Crippen LogP contribution < -0.4 is 0 Å². The Morgan fingerprint density at radius 2 is 1.31 bits per heavy atom. The summed E-state index contributed by atoms with van der Waals surface area (Å²) in [6, 6.07) is 31.8. The molecule has 0 saturated heterocycles. The fraction of sp³-hybridized carbons (Fsp3) is 0. The zero-order valence-corrected chi connectivity index (χ0v) is 15.5. The Balaban J connectivity index is 1.53. The van der Waals surface area contributed by atoms with Crippen molar-refractivity contribution < 1.29 is 4.42 Å². The number of para-hydroxylation sites is 1. The summed E-state index contributed by atoms with van der Waals surface area (Å²) < 4.78 is 5.99. The number of nitrogens with zero attached hydrogens (tertiary/aromatic N) is 1. The molecule has 7 rings (SSSR count). The van der Waals surface area contributed by atoms with Crippen molar-refractivity contribution in [2.75, 3.05) is 0 Å². The topological polar surface area (TPSA) is 26.0 Å². The van der Waals surface area contributed by atoms with E-state index in [1.54, 1.807) is 0 Å². The molecular weight excluding hydrogens is 354 g/mol. The summed E-state index contributed by atoms with van der Waals surface area (Å²) in [5.74, 6) is 0. The third-order valence-corrected chi connectivity index (χ3v) is 6.01. The molecule has 2 heterocycles. The molecule has 1 aliphatic carbocycles. The number of aromatic nitrogens is 1. The molecule has 0 radical (unpaired) electrons. The lowest BCUT2D eigenvalue weighted by molar-refractivity contribution is 0.669. The molecule has 2 heteroatoms. The van der Waals surface area contributed by atoms with Crippen molar-refractivity contribution in [3.63, 3.8) is 0 Å². The van der Waals surface area contributed by atoms with Crippen molar-refractivity contribution in [1.82, 2.24) is 4.98 Å². The SMILES string of the molecule is c1ccc2c(c1)-c1cccc3nc(-c4ccc5oc6ccccc6c5c4)cc-2c13. The van der Waals surface area contributed by atoms with E-state index >= 15 is 0 Å². The van der Waals surface area contributed by atoms with Gasteiger partial charge in [0.1, 0.15) is 11.2 Å². The lowest BCUT2D eigenvalue weighted by Gasteiger charge is -2.07. The normalized spacial score (nSPS) is 12.1. The van der Waals surface area contributed by atoms with Crippen molar-refractivity contribution in [2.45, 2.75) is 0 Å². The first-order valence-corrected chi connectivity index (χ1v) is 9.82. The number of furan rings is 1. The van der Waals surface area contributed by atoms with Crippen LogP contribution in [0.5, 0.6) is 0 Å². The summed E-state index contributed by atoms with van der Waals surface area (Å²) in [5.41, 5.74) is 10.1. The number of fused-ring (bicyclic) bond motifs is 6. The zero-order chi connectivity index (χ0) is 18.9. The molecule has 4 aromatic carbocycles. The number of hydrogen-bond donors (Lipinski definition) is 0. The van der Waals surface area contributed by atoms with Gasteiger partial charge in [0.2, 0.25) is 0 Å². The fourth-order valence-electron chi connectivity index (χ4n) is 4.71. The van der Waals surface area contributed by atoms with Crippen molar-refractivity contribution >= 4 is 32.8 Å². The maximum absolute atomic E-state index is 5.99. The molecular formula is C27H15NO. The summed E-state index contributed by atoms with van der Waals surface area (Å²) in [7, 11) is 0. The fourth-order valence-corrected chi connectivity index (χ4v) is 4.71. The summed E-state index contributed by atoms with van der Waals surface area (Å²) in [5, 5.41) is 3.53. The van der Waals surface area contributed by atoms with E-state index in [1.165, 1.54) is 27.6 Å². The van der Waals surface area contributed by atoms with E-state index in [-0.39, 0.29) is 0 Å². The maximum Gasteiger partial charge on any atom is 0.135 e. The molecule has 0 aliphatic heterocycles. The Morgan fingerprint density at radius 1 is 0.552 bits per heavy atom. The molecule has 0 bridgehead atoms. The first-order valence-electron chi connectivity index (χ1n) is 9.82. The van der Waals surface area contributed by atoms with Crippen LogP contribution in [0.3, 0.4) is 0 Å². The molecule has 0 spiro atoms. The lowest BCUT2D eigenvalue weighted by atomic mass is 10.0. The van der Waals surface area contributed by atoms with Gasteiger partial charge in [0.25, 0.3) is 0 Å². The molecule has 0 atom stereocenters. The monoisotopic (exact) mass is 369 g/mol. The van der Waals surface area contributed by atoms with E-state index in [9.17, 15) is 0 Å². The zero-order valence-electron chi connectivity index (χ0n) is 15.5. The molecule has 0 N–H and O–H groups in total. The minimum absolute atomic E-state index is 0.910. The van der Waals surface area contributed by atoms with Crippen molar-refractivity contribution in [3.8, 4) is 33.5 Å². The van der Waals surface area contributed by atoms with Gasteiger partial charge < -0.3 is 4.42 Å². The van der Waals surface area contributed by atoms with Crippen LogP contribution in [0, 0.1) is 0 Å². The molecule has 2 aromatic heterocycles. The average molecular weight is 369 g/mol. The van der Waals surface area contributed by atoms with E-state index in [0.717, 1.165) is 38.7 Å². The molecule has 0 amide bonds. The molecule has 6 aromatic rings. The second-order valence-electron chi connectivity index (χ2n) is 7.61.